The zero-order valence-electron chi connectivity index (χ0n) is 32.7. The fraction of sp³-hybridized carbons (Fsp3) is 0. The number of nitrogens with zero attached hydrogens (tertiary/aromatic N) is 6. The Morgan fingerprint density at radius 2 is 0.672 bits per heavy atom. The van der Waals surface area contributed by atoms with Gasteiger partial charge in [-0.15, -0.1) is 0 Å². The fourth-order valence-electron chi connectivity index (χ4n) is 7.79. The highest BCUT2D eigenvalue weighted by Gasteiger charge is 2.23. The summed E-state index contributed by atoms with van der Waals surface area (Å²) in [6.45, 7) is 0. The summed E-state index contributed by atoms with van der Waals surface area (Å²) >= 11 is 0. The molecule has 61 heavy (non-hydrogen) atoms. The van der Waals surface area contributed by atoms with E-state index in [1.54, 1.807) is 0 Å². The van der Waals surface area contributed by atoms with Crippen LogP contribution in [0.4, 0.5) is 0 Å². The van der Waals surface area contributed by atoms with E-state index in [-0.39, 0.29) is 0 Å². The molecule has 11 rings (SSSR count). The van der Waals surface area contributed by atoms with Crippen molar-refractivity contribution >= 4 is 21.9 Å². The molecule has 0 bridgehead atoms. The van der Waals surface area contributed by atoms with Gasteiger partial charge in [0.25, 0.3) is 0 Å². The predicted octanol–water partition coefficient (Wildman–Crippen LogP) is 13.3. The fourth-order valence-corrected chi connectivity index (χ4v) is 7.79. The Balaban J connectivity index is 1.09. The summed E-state index contributed by atoms with van der Waals surface area (Å²) in [6.07, 6.45) is 0. The first kappa shape index (κ1) is 35.7. The second-order valence-corrected chi connectivity index (χ2v) is 14.7. The van der Waals surface area contributed by atoms with E-state index >= 15 is 0 Å². The Morgan fingerprint density at radius 1 is 0.262 bits per heavy atom. The van der Waals surface area contributed by atoms with Crippen molar-refractivity contribution in [2.75, 3.05) is 0 Å². The summed E-state index contributed by atoms with van der Waals surface area (Å²) in [7, 11) is 0. The summed E-state index contributed by atoms with van der Waals surface area (Å²) in [6, 6.07) is 69.4. The molecule has 0 aliphatic carbocycles. The number of para-hydroxylation sites is 1. The van der Waals surface area contributed by atoms with Crippen molar-refractivity contribution in [3.8, 4) is 90.6 Å². The van der Waals surface area contributed by atoms with Crippen molar-refractivity contribution in [2.45, 2.75) is 0 Å². The number of rotatable bonds is 8. The van der Waals surface area contributed by atoms with Crippen molar-refractivity contribution < 1.29 is 4.42 Å². The minimum Gasteiger partial charge on any atom is -0.455 e. The molecule has 0 unspecified atom stereocenters. The van der Waals surface area contributed by atoms with E-state index in [2.05, 4.69) is 72.8 Å². The predicted molar refractivity (Wildman–Crippen MR) is 244 cm³/mol. The largest absolute Gasteiger partial charge is 0.455 e. The summed E-state index contributed by atoms with van der Waals surface area (Å²) in [5, 5.41) is 2.00. The molecule has 0 saturated carbocycles. The van der Waals surface area contributed by atoms with Crippen LogP contribution in [-0.4, -0.2) is 29.9 Å². The van der Waals surface area contributed by atoms with Crippen LogP contribution in [0, 0.1) is 0 Å². The quantitative estimate of drug-likeness (QED) is 0.152. The van der Waals surface area contributed by atoms with Gasteiger partial charge in [0.2, 0.25) is 0 Å². The maximum Gasteiger partial charge on any atom is 0.168 e. The maximum absolute atomic E-state index is 6.74. The number of fused-ring (bicyclic) bond motifs is 3. The van der Waals surface area contributed by atoms with E-state index in [1.807, 2.05) is 133 Å². The van der Waals surface area contributed by atoms with E-state index in [0.717, 1.165) is 72.0 Å². The Hall–Kier alpha value is -8.42. The zero-order valence-corrected chi connectivity index (χ0v) is 32.7. The Kier molecular flexibility index (Phi) is 9.02. The maximum atomic E-state index is 6.74. The van der Waals surface area contributed by atoms with Crippen LogP contribution in [0.3, 0.4) is 0 Å². The van der Waals surface area contributed by atoms with E-state index in [0.29, 0.717) is 40.5 Å². The van der Waals surface area contributed by atoms with Crippen molar-refractivity contribution in [2.24, 2.45) is 0 Å². The molecule has 0 saturated heterocycles. The van der Waals surface area contributed by atoms with Gasteiger partial charge in [-0.25, -0.2) is 29.9 Å². The molecule has 0 N–H and O–H groups in total. The Labute approximate surface area is 351 Å². The number of hydrogen-bond donors (Lipinski definition) is 0. The van der Waals surface area contributed by atoms with Gasteiger partial charge >= 0.3 is 0 Å². The molecule has 3 heterocycles. The smallest absolute Gasteiger partial charge is 0.168 e. The van der Waals surface area contributed by atoms with Gasteiger partial charge in [0.05, 0.1) is 5.56 Å². The van der Waals surface area contributed by atoms with Gasteiger partial charge in [-0.1, -0.05) is 188 Å². The van der Waals surface area contributed by atoms with E-state index in [4.69, 9.17) is 34.3 Å². The highest BCUT2D eigenvalue weighted by atomic mass is 16.3. The minimum absolute atomic E-state index is 0.509. The first-order valence-electron chi connectivity index (χ1n) is 20.1. The van der Waals surface area contributed by atoms with E-state index in [9.17, 15) is 0 Å². The monoisotopic (exact) mass is 782 g/mol. The average Bonchev–Trinajstić information content (AvgIpc) is 3.73. The number of aromatic nitrogens is 6. The molecule has 3 aromatic heterocycles. The van der Waals surface area contributed by atoms with E-state index in [1.165, 1.54) is 0 Å². The first-order chi connectivity index (χ1) is 30.2. The first-order valence-corrected chi connectivity index (χ1v) is 20.1. The average molecular weight is 783 g/mol. The molecule has 0 aliphatic rings. The SMILES string of the molecule is c1ccc(-c2cccc(-c3nc(-c4ccccc4)nc(-c4c(-c5ccc(-c6nc(-c7ccccc7)nc(-c7ccccc7)n6)cc5)ccc5c4oc4ccccc45)n3)c2)cc1. The third-order valence-corrected chi connectivity index (χ3v) is 10.8. The molecule has 0 fully saturated rings. The number of benzene rings is 8. The molecule has 0 radical (unpaired) electrons. The Morgan fingerprint density at radius 3 is 1.23 bits per heavy atom. The lowest BCUT2D eigenvalue weighted by molar-refractivity contribution is 0.669. The highest BCUT2D eigenvalue weighted by Crippen LogP contribution is 2.42. The van der Waals surface area contributed by atoms with Gasteiger partial charge in [-0.3, -0.25) is 0 Å². The van der Waals surface area contributed by atoms with Gasteiger partial charge in [-0.2, -0.15) is 0 Å². The third-order valence-electron chi connectivity index (χ3n) is 10.8. The van der Waals surface area contributed by atoms with Crippen LogP contribution in [-0.2, 0) is 0 Å². The molecule has 0 spiro atoms. The molecule has 7 nitrogen and oxygen atoms in total. The van der Waals surface area contributed by atoms with Crippen LogP contribution < -0.4 is 0 Å². The number of hydrogen-bond acceptors (Lipinski definition) is 7. The number of furan rings is 1. The minimum atomic E-state index is 0.509. The lowest BCUT2D eigenvalue weighted by Gasteiger charge is -2.14. The lowest BCUT2D eigenvalue weighted by Crippen LogP contribution is -2.02. The summed E-state index contributed by atoms with van der Waals surface area (Å²) in [5.41, 5.74) is 10.8. The molecule has 7 heteroatoms. The van der Waals surface area contributed by atoms with Crippen molar-refractivity contribution in [1.82, 2.24) is 29.9 Å². The van der Waals surface area contributed by atoms with Gasteiger partial charge in [0.15, 0.2) is 34.9 Å². The molecule has 286 valence electrons. The zero-order chi connectivity index (χ0) is 40.5. The van der Waals surface area contributed by atoms with Gasteiger partial charge < -0.3 is 4.42 Å². The molecule has 0 amide bonds. The van der Waals surface area contributed by atoms with Gasteiger partial charge in [0, 0.05) is 38.6 Å². The van der Waals surface area contributed by atoms with Crippen LogP contribution in [0.25, 0.3) is 113 Å². The molecule has 11 aromatic rings. The summed E-state index contributed by atoms with van der Waals surface area (Å²) in [5.74, 6) is 3.45. The van der Waals surface area contributed by atoms with Crippen LogP contribution >= 0.6 is 0 Å². The summed E-state index contributed by atoms with van der Waals surface area (Å²) < 4.78 is 6.74. The second kappa shape index (κ2) is 15.4. The van der Waals surface area contributed by atoms with Crippen LogP contribution in [0.15, 0.2) is 211 Å². The normalized spacial score (nSPS) is 11.3. The van der Waals surface area contributed by atoms with Crippen molar-refractivity contribution in [3.63, 3.8) is 0 Å². The molecule has 0 aliphatic heterocycles. The molecule has 0 atom stereocenters. The Bertz CT molecular complexity index is 3280. The van der Waals surface area contributed by atoms with Gasteiger partial charge in [-0.05, 0) is 40.5 Å². The molecular formula is C54H34N6O. The topological polar surface area (TPSA) is 90.5 Å². The second-order valence-electron chi connectivity index (χ2n) is 14.7. The molecule has 8 aromatic carbocycles. The summed E-state index contributed by atoms with van der Waals surface area (Å²) in [4.78, 5) is 30.4. The van der Waals surface area contributed by atoms with Crippen LogP contribution in [0.1, 0.15) is 0 Å². The lowest BCUT2D eigenvalue weighted by atomic mass is 9.95. The van der Waals surface area contributed by atoms with E-state index < -0.39 is 0 Å². The molecular weight excluding hydrogens is 749 g/mol. The van der Waals surface area contributed by atoms with Gasteiger partial charge in [0.1, 0.15) is 11.2 Å². The highest BCUT2D eigenvalue weighted by molar-refractivity contribution is 6.12. The standard InChI is InChI=1S/C54H34N6O/c1-5-16-35(17-6-1)41-24-15-25-42(34-41)53-58-51(39-22-11-4-12-23-39)59-54(60-53)47-43(32-33-45-44-26-13-14-27-46(44)61-48(45)47)36-28-30-40(31-29-36)52-56-49(37-18-7-2-8-19-37)55-50(57-52)38-20-9-3-10-21-38/h1-34H. The van der Waals surface area contributed by atoms with Crippen molar-refractivity contribution in [3.05, 3.63) is 206 Å². The van der Waals surface area contributed by atoms with Crippen LogP contribution in [0.5, 0.6) is 0 Å². The van der Waals surface area contributed by atoms with Crippen molar-refractivity contribution in [1.29, 1.82) is 0 Å². The third kappa shape index (κ3) is 6.90. The van der Waals surface area contributed by atoms with Crippen LogP contribution in [0.2, 0.25) is 0 Å².